The highest BCUT2D eigenvalue weighted by atomic mass is 16.5. The standard InChI is InChI=1S/C16H24N4O2/c1-19-14(6-7-17-19)16-13(18-11-3-2-8-22-10-11)9-15(21)20(16)12-4-5-12/h6-7,11-13,16,18H,2-5,8-10H2,1H3/t11-,13+,16+/m0/s1. The molecule has 120 valence electrons. The topological polar surface area (TPSA) is 59.4 Å². The van der Waals surface area contributed by atoms with Gasteiger partial charge in [-0.25, -0.2) is 0 Å². The van der Waals surface area contributed by atoms with Gasteiger partial charge in [0, 0.05) is 44.4 Å². The molecule has 1 saturated carbocycles. The van der Waals surface area contributed by atoms with Gasteiger partial charge in [0.1, 0.15) is 0 Å². The van der Waals surface area contributed by atoms with Gasteiger partial charge in [-0.3, -0.25) is 9.48 Å². The summed E-state index contributed by atoms with van der Waals surface area (Å²) in [6, 6.07) is 3.11. The van der Waals surface area contributed by atoms with Gasteiger partial charge in [-0.1, -0.05) is 0 Å². The minimum absolute atomic E-state index is 0.106. The highest BCUT2D eigenvalue weighted by Gasteiger charge is 2.48. The fourth-order valence-electron chi connectivity index (χ4n) is 3.89. The maximum absolute atomic E-state index is 12.5. The molecule has 6 heteroatoms. The van der Waals surface area contributed by atoms with Crippen LogP contribution in [0.1, 0.15) is 43.8 Å². The van der Waals surface area contributed by atoms with E-state index >= 15 is 0 Å². The summed E-state index contributed by atoms with van der Waals surface area (Å²) in [5, 5.41) is 8.01. The summed E-state index contributed by atoms with van der Waals surface area (Å²) in [5.74, 6) is 0.280. The summed E-state index contributed by atoms with van der Waals surface area (Å²) in [5.41, 5.74) is 1.13. The van der Waals surface area contributed by atoms with Crippen molar-refractivity contribution < 1.29 is 9.53 Å². The quantitative estimate of drug-likeness (QED) is 0.901. The van der Waals surface area contributed by atoms with Crippen LogP contribution < -0.4 is 5.32 Å². The molecule has 1 amide bonds. The van der Waals surface area contributed by atoms with Gasteiger partial charge in [0.25, 0.3) is 0 Å². The number of hydrogen-bond acceptors (Lipinski definition) is 4. The third-order valence-electron chi connectivity index (χ3n) is 5.08. The minimum atomic E-state index is 0.106. The van der Waals surface area contributed by atoms with Crippen LogP contribution in [0.3, 0.4) is 0 Å². The summed E-state index contributed by atoms with van der Waals surface area (Å²) >= 11 is 0. The monoisotopic (exact) mass is 304 g/mol. The lowest BCUT2D eigenvalue weighted by molar-refractivity contribution is -0.129. The summed E-state index contributed by atoms with van der Waals surface area (Å²) in [6.07, 6.45) is 6.92. The molecule has 0 radical (unpaired) electrons. The normalized spacial score (nSPS) is 32.7. The van der Waals surface area contributed by atoms with Crippen LogP contribution in [0.4, 0.5) is 0 Å². The highest BCUT2D eigenvalue weighted by molar-refractivity contribution is 5.81. The molecule has 22 heavy (non-hydrogen) atoms. The van der Waals surface area contributed by atoms with Crippen molar-refractivity contribution >= 4 is 5.91 Å². The van der Waals surface area contributed by atoms with Crippen LogP contribution >= 0.6 is 0 Å². The van der Waals surface area contributed by atoms with Gasteiger partial charge in [0.2, 0.25) is 5.91 Å². The van der Waals surface area contributed by atoms with Crippen LogP contribution in [0.5, 0.6) is 0 Å². The van der Waals surface area contributed by atoms with Gasteiger partial charge in [-0.2, -0.15) is 5.10 Å². The van der Waals surface area contributed by atoms with Crippen LogP contribution in [-0.2, 0) is 16.6 Å². The van der Waals surface area contributed by atoms with Gasteiger partial charge in [-0.15, -0.1) is 0 Å². The van der Waals surface area contributed by atoms with E-state index in [-0.39, 0.29) is 18.0 Å². The zero-order valence-electron chi connectivity index (χ0n) is 13.1. The average molecular weight is 304 g/mol. The number of carbonyl (C=O) groups excluding carboxylic acids is 1. The van der Waals surface area contributed by atoms with Crippen molar-refractivity contribution in [2.45, 2.75) is 56.3 Å². The molecule has 3 atom stereocenters. The van der Waals surface area contributed by atoms with E-state index in [0.29, 0.717) is 18.5 Å². The lowest BCUT2D eigenvalue weighted by atomic mass is 10.0. The summed E-state index contributed by atoms with van der Waals surface area (Å²) in [4.78, 5) is 14.7. The number of amides is 1. The second kappa shape index (κ2) is 5.66. The Bertz CT molecular complexity index is 548. The molecule has 4 rings (SSSR count). The average Bonchev–Trinajstić information content (AvgIpc) is 3.19. The Hall–Kier alpha value is -1.40. The molecule has 3 aliphatic rings. The number of rotatable bonds is 4. The molecule has 1 aliphatic carbocycles. The zero-order chi connectivity index (χ0) is 15.1. The Morgan fingerprint density at radius 1 is 1.36 bits per heavy atom. The van der Waals surface area contributed by atoms with Crippen molar-refractivity contribution in [3.05, 3.63) is 18.0 Å². The Morgan fingerprint density at radius 3 is 2.86 bits per heavy atom. The lowest BCUT2D eigenvalue weighted by Gasteiger charge is -2.32. The van der Waals surface area contributed by atoms with Crippen molar-refractivity contribution in [1.82, 2.24) is 20.0 Å². The van der Waals surface area contributed by atoms with E-state index in [1.54, 1.807) is 0 Å². The summed E-state index contributed by atoms with van der Waals surface area (Å²) in [7, 11) is 1.96. The molecular formula is C16H24N4O2. The molecule has 2 aliphatic heterocycles. The van der Waals surface area contributed by atoms with E-state index in [1.165, 1.54) is 0 Å². The predicted octanol–water partition coefficient (Wildman–Crippen LogP) is 0.993. The Kier molecular flexibility index (Phi) is 3.66. The van der Waals surface area contributed by atoms with E-state index in [9.17, 15) is 4.79 Å². The predicted molar refractivity (Wildman–Crippen MR) is 81.2 cm³/mol. The van der Waals surface area contributed by atoms with Crippen molar-refractivity contribution in [3.63, 3.8) is 0 Å². The number of aromatic nitrogens is 2. The highest BCUT2D eigenvalue weighted by Crippen LogP contribution is 2.41. The molecule has 0 bridgehead atoms. The molecule has 0 unspecified atom stereocenters. The van der Waals surface area contributed by atoms with Gasteiger partial charge in [-0.05, 0) is 31.7 Å². The van der Waals surface area contributed by atoms with Crippen LogP contribution in [0.25, 0.3) is 0 Å². The number of ether oxygens (including phenoxy) is 1. The molecule has 0 spiro atoms. The Morgan fingerprint density at radius 2 is 2.23 bits per heavy atom. The van der Waals surface area contributed by atoms with Crippen LogP contribution in [-0.4, -0.2) is 51.9 Å². The van der Waals surface area contributed by atoms with Gasteiger partial charge < -0.3 is 15.0 Å². The Balaban J connectivity index is 1.58. The number of nitrogens with one attached hydrogen (secondary N) is 1. The molecule has 1 N–H and O–H groups in total. The Labute approximate surface area is 130 Å². The second-order valence-electron chi connectivity index (χ2n) is 6.75. The van der Waals surface area contributed by atoms with Gasteiger partial charge in [0.15, 0.2) is 0 Å². The maximum atomic E-state index is 12.5. The first-order valence-electron chi connectivity index (χ1n) is 8.37. The third kappa shape index (κ3) is 2.54. The first-order valence-corrected chi connectivity index (χ1v) is 8.37. The van der Waals surface area contributed by atoms with Crippen LogP contribution in [0, 0.1) is 0 Å². The first kappa shape index (κ1) is 14.2. The van der Waals surface area contributed by atoms with Gasteiger partial charge >= 0.3 is 0 Å². The molecule has 1 aromatic rings. The van der Waals surface area contributed by atoms with Crippen molar-refractivity contribution in [2.75, 3.05) is 13.2 Å². The van der Waals surface area contributed by atoms with E-state index in [4.69, 9.17) is 4.74 Å². The van der Waals surface area contributed by atoms with Crippen LogP contribution in [0.2, 0.25) is 0 Å². The molecule has 3 heterocycles. The fourth-order valence-corrected chi connectivity index (χ4v) is 3.89. The lowest BCUT2D eigenvalue weighted by Crippen LogP contribution is -2.46. The fraction of sp³-hybridized carbons (Fsp3) is 0.750. The number of carbonyl (C=O) groups is 1. The summed E-state index contributed by atoms with van der Waals surface area (Å²) in [6.45, 7) is 1.62. The van der Waals surface area contributed by atoms with Crippen molar-refractivity contribution in [1.29, 1.82) is 0 Å². The second-order valence-corrected chi connectivity index (χ2v) is 6.75. The maximum Gasteiger partial charge on any atom is 0.225 e. The molecule has 0 aromatic carbocycles. The molecule has 2 saturated heterocycles. The van der Waals surface area contributed by atoms with Crippen molar-refractivity contribution in [3.8, 4) is 0 Å². The van der Waals surface area contributed by atoms with E-state index in [0.717, 1.165) is 44.6 Å². The van der Waals surface area contributed by atoms with Crippen LogP contribution in [0.15, 0.2) is 12.3 Å². The largest absolute Gasteiger partial charge is 0.380 e. The third-order valence-corrected chi connectivity index (χ3v) is 5.08. The smallest absolute Gasteiger partial charge is 0.225 e. The minimum Gasteiger partial charge on any atom is -0.380 e. The molecular weight excluding hydrogens is 280 g/mol. The van der Waals surface area contributed by atoms with E-state index < -0.39 is 0 Å². The number of nitrogens with zero attached hydrogens (tertiary/aromatic N) is 3. The van der Waals surface area contributed by atoms with E-state index in [1.807, 2.05) is 24.0 Å². The molecule has 1 aromatic heterocycles. The number of aryl methyl sites for hydroxylation is 1. The summed E-state index contributed by atoms with van der Waals surface area (Å²) < 4.78 is 7.48. The number of hydrogen-bond donors (Lipinski definition) is 1. The van der Waals surface area contributed by atoms with Crippen molar-refractivity contribution in [2.24, 2.45) is 7.05 Å². The first-order chi connectivity index (χ1) is 10.7. The number of likely N-dealkylation sites (tertiary alicyclic amines) is 1. The molecule has 3 fully saturated rings. The SMILES string of the molecule is Cn1nccc1[C@H]1[C@H](N[C@H]2CCCOC2)CC(=O)N1C1CC1. The molecule has 6 nitrogen and oxygen atoms in total. The van der Waals surface area contributed by atoms with Gasteiger partial charge in [0.05, 0.1) is 18.3 Å². The van der Waals surface area contributed by atoms with E-state index in [2.05, 4.69) is 15.3 Å². The zero-order valence-corrected chi connectivity index (χ0v) is 13.1.